The minimum Gasteiger partial charge on any atom is -0.278 e. The Labute approximate surface area is 66.7 Å². The van der Waals surface area contributed by atoms with Crippen LogP contribution >= 0.6 is 0 Å². The number of hydrogen-bond acceptors (Lipinski definition) is 2. The van der Waals surface area contributed by atoms with Gasteiger partial charge in [0.15, 0.2) is 0 Å². The van der Waals surface area contributed by atoms with Gasteiger partial charge in [-0.25, -0.2) is 5.43 Å². The maximum Gasteiger partial charge on any atom is 0.238 e. The van der Waals surface area contributed by atoms with Gasteiger partial charge in [-0.1, -0.05) is 6.42 Å². The molecule has 1 aliphatic carbocycles. The van der Waals surface area contributed by atoms with Gasteiger partial charge < -0.3 is 0 Å². The van der Waals surface area contributed by atoms with E-state index < -0.39 is 0 Å². The van der Waals surface area contributed by atoms with Crippen molar-refractivity contribution in [3.63, 3.8) is 0 Å². The molecular formula is C8H14N2O. The Morgan fingerprint density at radius 3 is 2.82 bits per heavy atom. The van der Waals surface area contributed by atoms with Gasteiger partial charge in [-0.3, -0.25) is 9.80 Å². The number of nitrogens with zero attached hydrogens (tertiary/aromatic N) is 1. The van der Waals surface area contributed by atoms with E-state index in [2.05, 4.69) is 5.43 Å². The normalized spacial score (nSPS) is 25.8. The molecule has 0 atom stereocenters. The standard InChI is InChI=1S/C8H14N2O/c11-8-4-5-9-10(8)6-7-2-1-3-7/h7,9H,1-6H2. The van der Waals surface area contributed by atoms with Crippen molar-refractivity contribution in [1.82, 2.24) is 10.4 Å². The van der Waals surface area contributed by atoms with E-state index >= 15 is 0 Å². The maximum absolute atomic E-state index is 11.1. The summed E-state index contributed by atoms with van der Waals surface area (Å²) in [5.41, 5.74) is 3.09. The Balaban J connectivity index is 1.80. The van der Waals surface area contributed by atoms with Crippen LogP contribution in [0.5, 0.6) is 0 Å². The SMILES string of the molecule is O=C1CCNN1CC1CCC1. The third-order valence-corrected chi connectivity index (χ3v) is 2.61. The van der Waals surface area contributed by atoms with Crippen molar-refractivity contribution in [2.45, 2.75) is 25.7 Å². The van der Waals surface area contributed by atoms with E-state index in [0.29, 0.717) is 6.42 Å². The Hall–Kier alpha value is -0.570. The van der Waals surface area contributed by atoms with Gasteiger partial charge in [0.1, 0.15) is 0 Å². The molecular weight excluding hydrogens is 140 g/mol. The first-order valence-corrected chi connectivity index (χ1v) is 4.40. The summed E-state index contributed by atoms with van der Waals surface area (Å²) in [6, 6.07) is 0. The van der Waals surface area contributed by atoms with Crippen molar-refractivity contribution in [3.8, 4) is 0 Å². The zero-order valence-electron chi connectivity index (χ0n) is 6.68. The molecule has 2 fully saturated rings. The summed E-state index contributed by atoms with van der Waals surface area (Å²) in [6.07, 6.45) is 4.66. The van der Waals surface area contributed by atoms with E-state index in [0.717, 1.165) is 19.0 Å². The highest BCUT2D eigenvalue weighted by Crippen LogP contribution is 2.27. The van der Waals surface area contributed by atoms with Gasteiger partial charge in [-0.05, 0) is 18.8 Å². The monoisotopic (exact) mass is 154 g/mol. The van der Waals surface area contributed by atoms with Crippen LogP contribution in [0.1, 0.15) is 25.7 Å². The molecule has 0 aromatic rings. The Bertz CT molecular complexity index is 165. The van der Waals surface area contributed by atoms with Crippen molar-refractivity contribution in [3.05, 3.63) is 0 Å². The van der Waals surface area contributed by atoms with Crippen molar-refractivity contribution in [1.29, 1.82) is 0 Å². The first kappa shape index (κ1) is 7.10. The van der Waals surface area contributed by atoms with Crippen LogP contribution in [0.15, 0.2) is 0 Å². The summed E-state index contributed by atoms with van der Waals surface area (Å²) >= 11 is 0. The van der Waals surface area contributed by atoms with Crippen LogP contribution < -0.4 is 5.43 Å². The summed E-state index contributed by atoms with van der Waals surface area (Å²) in [5.74, 6) is 1.06. The minimum atomic E-state index is 0.275. The molecule has 0 aromatic carbocycles. The molecule has 62 valence electrons. The lowest BCUT2D eigenvalue weighted by Gasteiger charge is -2.29. The number of hydrazine groups is 1. The van der Waals surface area contributed by atoms with E-state index in [1.165, 1.54) is 19.3 Å². The fourth-order valence-electron chi connectivity index (χ4n) is 1.62. The highest BCUT2D eigenvalue weighted by Gasteiger charge is 2.26. The van der Waals surface area contributed by atoms with Gasteiger partial charge in [-0.2, -0.15) is 0 Å². The summed E-state index contributed by atoms with van der Waals surface area (Å²) in [4.78, 5) is 11.1. The molecule has 2 rings (SSSR count). The highest BCUT2D eigenvalue weighted by molar-refractivity contribution is 5.77. The minimum absolute atomic E-state index is 0.275. The molecule has 1 amide bonds. The van der Waals surface area contributed by atoms with E-state index in [4.69, 9.17) is 0 Å². The smallest absolute Gasteiger partial charge is 0.238 e. The zero-order chi connectivity index (χ0) is 7.68. The summed E-state index contributed by atoms with van der Waals surface area (Å²) < 4.78 is 0. The molecule has 3 heteroatoms. The van der Waals surface area contributed by atoms with Crippen molar-refractivity contribution >= 4 is 5.91 Å². The van der Waals surface area contributed by atoms with Crippen LogP contribution in [-0.2, 0) is 4.79 Å². The molecule has 0 aromatic heterocycles. The third kappa shape index (κ3) is 1.38. The lowest BCUT2D eigenvalue weighted by Crippen LogP contribution is -2.39. The van der Waals surface area contributed by atoms with Crippen molar-refractivity contribution < 1.29 is 4.79 Å². The molecule has 0 radical (unpaired) electrons. The Morgan fingerprint density at radius 2 is 2.36 bits per heavy atom. The molecule has 0 bridgehead atoms. The van der Waals surface area contributed by atoms with Crippen LogP contribution in [0.25, 0.3) is 0 Å². The van der Waals surface area contributed by atoms with Crippen molar-refractivity contribution in [2.75, 3.05) is 13.1 Å². The van der Waals surface area contributed by atoms with Crippen LogP contribution in [-0.4, -0.2) is 24.0 Å². The average molecular weight is 154 g/mol. The predicted octanol–water partition coefficient (Wildman–Crippen LogP) is 0.523. The van der Waals surface area contributed by atoms with Gasteiger partial charge in [0.05, 0.1) is 0 Å². The van der Waals surface area contributed by atoms with E-state index in [1.54, 1.807) is 5.01 Å². The molecule has 1 N–H and O–H groups in total. The zero-order valence-corrected chi connectivity index (χ0v) is 6.68. The summed E-state index contributed by atoms with van der Waals surface area (Å²) in [6.45, 7) is 1.78. The maximum atomic E-state index is 11.1. The molecule has 11 heavy (non-hydrogen) atoms. The molecule has 1 saturated heterocycles. The topological polar surface area (TPSA) is 32.3 Å². The lowest BCUT2D eigenvalue weighted by atomic mass is 9.85. The largest absolute Gasteiger partial charge is 0.278 e. The van der Waals surface area contributed by atoms with E-state index in [9.17, 15) is 4.79 Å². The quantitative estimate of drug-likeness (QED) is 0.629. The number of nitrogens with one attached hydrogen (secondary N) is 1. The number of carbonyl (C=O) groups is 1. The van der Waals surface area contributed by atoms with Gasteiger partial charge >= 0.3 is 0 Å². The second kappa shape index (κ2) is 2.81. The molecule has 3 nitrogen and oxygen atoms in total. The molecule has 0 unspecified atom stereocenters. The average Bonchev–Trinajstić information content (AvgIpc) is 2.27. The van der Waals surface area contributed by atoms with E-state index in [-0.39, 0.29) is 5.91 Å². The van der Waals surface area contributed by atoms with Crippen LogP contribution in [0, 0.1) is 5.92 Å². The molecule has 1 heterocycles. The van der Waals surface area contributed by atoms with Gasteiger partial charge in [-0.15, -0.1) is 0 Å². The van der Waals surface area contributed by atoms with Gasteiger partial charge in [0.25, 0.3) is 0 Å². The number of hydrogen-bond donors (Lipinski definition) is 1. The molecule has 0 spiro atoms. The molecule has 2 aliphatic rings. The first-order valence-electron chi connectivity index (χ1n) is 4.40. The number of amides is 1. The van der Waals surface area contributed by atoms with Crippen LogP contribution in [0.4, 0.5) is 0 Å². The second-order valence-corrected chi connectivity index (χ2v) is 3.46. The van der Waals surface area contributed by atoms with Crippen LogP contribution in [0.2, 0.25) is 0 Å². The fraction of sp³-hybridized carbons (Fsp3) is 0.875. The van der Waals surface area contributed by atoms with Gasteiger partial charge in [0, 0.05) is 19.5 Å². The van der Waals surface area contributed by atoms with E-state index in [1.807, 2.05) is 0 Å². The highest BCUT2D eigenvalue weighted by atomic mass is 16.2. The number of carbonyl (C=O) groups excluding carboxylic acids is 1. The predicted molar refractivity (Wildman–Crippen MR) is 41.7 cm³/mol. The number of rotatable bonds is 2. The third-order valence-electron chi connectivity index (χ3n) is 2.61. The Kier molecular flexibility index (Phi) is 1.82. The summed E-state index contributed by atoms with van der Waals surface area (Å²) in [5, 5.41) is 1.80. The second-order valence-electron chi connectivity index (χ2n) is 3.46. The fourth-order valence-corrected chi connectivity index (χ4v) is 1.62. The van der Waals surface area contributed by atoms with Crippen LogP contribution in [0.3, 0.4) is 0 Å². The van der Waals surface area contributed by atoms with Gasteiger partial charge in [0.2, 0.25) is 5.91 Å². The lowest BCUT2D eigenvalue weighted by molar-refractivity contribution is -0.130. The first-order chi connectivity index (χ1) is 5.36. The summed E-state index contributed by atoms with van der Waals surface area (Å²) in [7, 11) is 0. The Morgan fingerprint density at radius 1 is 1.55 bits per heavy atom. The van der Waals surface area contributed by atoms with Crippen molar-refractivity contribution in [2.24, 2.45) is 5.92 Å². The molecule has 1 saturated carbocycles. The molecule has 1 aliphatic heterocycles.